The third-order valence-electron chi connectivity index (χ3n) is 11.0. The van der Waals surface area contributed by atoms with Crippen LogP contribution in [0.1, 0.15) is 186 Å². The molecule has 0 radical (unpaired) electrons. The summed E-state index contributed by atoms with van der Waals surface area (Å²) < 4.78 is 11.5. The van der Waals surface area contributed by atoms with Crippen molar-refractivity contribution >= 4 is 12.1 Å². The highest BCUT2D eigenvalue weighted by Gasteiger charge is 2.48. The number of aliphatic hydroxyl groups excluding tert-OH is 3. The van der Waals surface area contributed by atoms with Crippen molar-refractivity contribution < 1.29 is 34.4 Å². The molecule has 10 heteroatoms. The molecule has 3 amide bonds. The zero-order chi connectivity index (χ0) is 39.8. The Hall–Kier alpha value is -2.40. The van der Waals surface area contributed by atoms with Gasteiger partial charge < -0.3 is 35.4 Å². The number of ether oxygens (including phenoxy) is 2. The van der Waals surface area contributed by atoms with E-state index in [1.807, 2.05) is 30.3 Å². The number of aliphatic hydroxyl groups is 3. The zero-order valence-electron chi connectivity index (χ0n) is 34.9. The van der Waals surface area contributed by atoms with Gasteiger partial charge in [-0.05, 0) is 18.4 Å². The molecular formula is C45H81N3O7. The molecule has 0 spiro atoms. The first-order valence-electron chi connectivity index (χ1n) is 22.6. The van der Waals surface area contributed by atoms with Gasteiger partial charge in [0, 0.05) is 13.1 Å². The summed E-state index contributed by atoms with van der Waals surface area (Å²) >= 11 is 0. The number of hydrogen-bond donors (Lipinski definition) is 5. The van der Waals surface area contributed by atoms with Gasteiger partial charge in [-0.15, -0.1) is 0 Å². The third kappa shape index (κ3) is 22.2. The van der Waals surface area contributed by atoms with Gasteiger partial charge in [0.25, 0.3) is 0 Å². The maximum absolute atomic E-state index is 13.8. The molecule has 1 aromatic carbocycles. The first kappa shape index (κ1) is 48.7. The lowest BCUT2D eigenvalue weighted by Gasteiger charge is -2.46. The first-order valence-corrected chi connectivity index (χ1v) is 22.6. The summed E-state index contributed by atoms with van der Waals surface area (Å²) in [7, 11) is 0. The molecule has 1 fully saturated rings. The number of benzene rings is 1. The van der Waals surface area contributed by atoms with E-state index in [0.717, 1.165) is 50.5 Å². The molecule has 0 aliphatic carbocycles. The topological polar surface area (TPSA) is 141 Å². The number of rotatable bonds is 33. The highest BCUT2D eigenvalue weighted by Crippen LogP contribution is 2.25. The van der Waals surface area contributed by atoms with Crippen molar-refractivity contribution in [1.82, 2.24) is 15.5 Å². The third-order valence-corrected chi connectivity index (χ3v) is 11.0. The normalized spacial score (nSPS) is 19.6. The first-order chi connectivity index (χ1) is 26.9. The summed E-state index contributed by atoms with van der Waals surface area (Å²) in [4.78, 5) is 28.3. The summed E-state index contributed by atoms with van der Waals surface area (Å²) in [6, 6.07) is 7.71. The molecular weight excluding hydrogens is 695 g/mol. The summed E-state index contributed by atoms with van der Waals surface area (Å²) in [5.41, 5.74) is 0.797. The van der Waals surface area contributed by atoms with Gasteiger partial charge >= 0.3 is 12.1 Å². The highest BCUT2D eigenvalue weighted by atomic mass is 16.6. The molecule has 0 saturated carbocycles. The fraction of sp³-hybridized carbons (Fsp3) is 0.822. The molecule has 1 saturated heterocycles. The molecule has 5 N–H and O–H groups in total. The molecule has 0 aromatic heterocycles. The van der Waals surface area contributed by atoms with Gasteiger partial charge in [-0.25, -0.2) is 9.59 Å². The number of alkyl carbamates (subject to hydrolysis) is 1. The molecule has 2 rings (SSSR count). The van der Waals surface area contributed by atoms with Crippen LogP contribution < -0.4 is 10.6 Å². The molecule has 318 valence electrons. The van der Waals surface area contributed by atoms with Crippen LogP contribution in [-0.2, 0) is 16.1 Å². The Labute approximate surface area is 334 Å². The van der Waals surface area contributed by atoms with E-state index in [9.17, 15) is 24.9 Å². The van der Waals surface area contributed by atoms with Crippen molar-refractivity contribution in [2.75, 3.05) is 19.7 Å². The Kier molecular flexibility index (Phi) is 28.9. The van der Waals surface area contributed by atoms with Crippen LogP contribution in [0.25, 0.3) is 0 Å². The maximum Gasteiger partial charge on any atom is 0.407 e. The van der Waals surface area contributed by atoms with Gasteiger partial charge in [0.15, 0.2) is 6.23 Å². The standard InChI is InChI=1S/C45H81N3O7/c1-3-5-7-9-11-13-15-16-17-18-19-20-21-23-25-30-34-46-44(52)48(35-31-26-24-22-14-12-10-8-6-4-2)43-40(42(51)41(50)39(36-49)55-43)47-45(53)54-37-38-32-28-27-29-33-38/h27-29,32-33,39-43,49-51H,3-26,30-31,34-37H2,1-2H3,(H,46,52)(H,47,53)/t39-,40-,41-,42-,43-/m1/s1. The van der Waals surface area contributed by atoms with Gasteiger partial charge in [-0.1, -0.05) is 198 Å². The molecule has 55 heavy (non-hydrogen) atoms. The van der Waals surface area contributed by atoms with E-state index >= 15 is 0 Å². The highest BCUT2D eigenvalue weighted by molar-refractivity contribution is 5.75. The van der Waals surface area contributed by atoms with Crippen LogP contribution in [0, 0.1) is 0 Å². The van der Waals surface area contributed by atoms with Crippen LogP contribution >= 0.6 is 0 Å². The van der Waals surface area contributed by atoms with E-state index in [-0.39, 0.29) is 12.6 Å². The number of carbonyl (C=O) groups is 2. The predicted octanol–water partition coefficient (Wildman–Crippen LogP) is 9.91. The van der Waals surface area contributed by atoms with Gasteiger partial charge in [0.1, 0.15) is 31.0 Å². The average Bonchev–Trinajstić information content (AvgIpc) is 3.20. The quantitative estimate of drug-likeness (QED) is 0.0448. The van der Waals surface area contributed by atoms with Crippen molar-refractivity contribution in [3.05, 3.63) is 35.9 Å². The van der Waals surface area contributed by atoms with E-state index < -0.39 is 43.3 Å². The minimum atomic E-state index is -1.50. The lowest BCUT2D eigenvalue weighted by atomic mass is 9.95. The van der Waals surface area contributed by atoms with Crippen LogP contribution in [0.4, 0.5) is 9.59 Å². The van der Waals surface area contributed by atoms with Gasteiger partial charge in [0.05, 0.1) is 6.61 Å². The summed E-state index contributed by atoms with van der Waals surface area (Å²) in [5.74, 6) is 0. The second-order valence-corrected chi connectivity index (χ2v) is 15.9. The average molecular weight is 776 g/mol. The summed E-state index contributed by atoms with van der Waals surface area (Å²) in [6.45, 7) is 4.81. The second kappa shape index (κ2) is 32.7. The number of nitrogens with zero attached hydrogens (tertiary/aromatic N) is 1. The predicted molar refractivity (Wildman–Crippen MR) is 223 cm³/mol. The number of hydrogen-bond acceptors (Lipinski definition) is 7. The van der Waals surface area contributed by atoms with E-state index in [2.05, 4.69) is 24.5 Å². The number of unbranched alkanes of at least 4 members (excludes halogenated alkanes) is 24. The molecule has 10 nitrogen and oxygen atoms in total. The molecule has 1 aliphatic heterocycles. The number of amides is 3. The molecule has 1 heterocycles. The SMILES string of the molecule is CCCCCCCCCCCCCCCCCCNC(=O)N(CCCCCCCCCCCC)[C@@H]1O[C@H](CO)[C@@H](O)[C@H](O)[C@H]1NC(=O)OCc1ccccc1. The van der Waals surface area contributed by atoms with Crippen molar-refractivity contribution in [3.8, 4) is 0 Å². The summed E-state index contributed by atoms with van der Waals surface area (Å²) in [5, 5.41) is 37.6. The largest absolute Gasteiger partial charge is 0.445 e. The lowest BCUT2D eigenvalue weighted by molar-refractivity contribution is -0.222. The van der Waals surface area contributed by atoms with Gasteiger partial charge in [-0.3, -0.25) is 4.90 Å². The Morgan fingerprint density at radius 1 is 0.655 bits per heavy atom. The summed E-state index contributed by atoms with van der Waals surface area (Å²) in [6.07, 6.45) is 25.9. The fourth-order valence-electron chi connectivity index (χ4n) is 7.51. The second-order valence-electron chi connectivity index (χ2n) is 15.9. The number of carbonyl (C=O) groups excluding carboxylic acids is 2. The van der Waals surface area contributed by atoms with Gasteiger partial charge in [-0.2, -0.15) is 0 Å². The van der Waals surface area contributed by atoms with E-state index in [1.165, 1.54) is 127 Å². The van der Waals surface area contributed by atoms with Crippen molar-refractivity contribution in [2.24, 2.45) is 0 Å². The lowest BCUT2D eigenvalue weighted by Crippen LogP contribution is -2.69. The van der Waals surface area contributed by atoms with Crippen LogP contribution in [0.5, 0.6) is 0 Å². The minimum Gasteiger partial charge on any atom is -0.445 e. The molecule has 5 atom stereocenters. The van der Waals surface area contributed by atoms with E-state index in [4.69, 9.17) is 9.47 Å². The smallest absolute Gasteiger partial charge is 0.407 e. The van der Waals surface area contributed by atoms with Gasteiger partial charge in [0.2, 0.25) is 0 Å². The van der Waals surface area contributed by atoms with E-state index in [1.54, 1.807) is 0 Å². The van der Waals surface area contributed by atoms with Crippen molar-refractivity contribution in [2.45, 2.75) is 218 Å². The van der Waals surface area contributed by atoms with E-state index in [0.29, 0.717) is 13.1 Å². The maximum atomic E-state index is 13.8. The molecule has 0 bridgehead atoms. The van der Waals surface area contributed by atoms with Crippen LogP contribution in [-0.4, -0.2) is 82.6 Å². The Bertz CT molecular complexity index is 1060. The Morgan fingerprint density at radius 3 is 1.58 bits per heavy atom. The monoisotopic (exact) mass is 776 g/mol. The number of urea groups is 1. The van der Waals surface area contributed by atoms with Crippen LogP contribution in [0.15, 0.2) is 30.3 Å². The minimum absolute atomic E-state index is 0.0188. The molecule has 0 unspecified atom stereocenters. The van der Waals surface area contributed by atoms with Crippen LogP contribution in [0.2, 0.25) is 0 Å². The van der Waals surface area contributed by atoms with Crippen molar-refractivity contribution in [3.63, 3.8) is 0 Å². The van der Waals surface area contributed by atoms with Crippen molar-refractivity contribution in [1.29, 1.82) is 0 Å². The molecule has 1 aromatic rings. The fourth-order valence-corrected chi connectivity index (χ4v) is 7.51. The zero-order valence-corrected chi connectivity index (χ0v) is 34.9. The Balaban J connectivity index is 1.86. The van der Waals surface area contributed by atoms with Crippen LogP contribution in [0.3, 0.4) is 0 Å². The number of nitrogens with one attached hydrogen (secondary N) is 2. The Morgan fingerprint density at radius 2 is 1.11 bits per heavy atom. The molecule has 1 aliphatic rings.